The Labute approximate surface area is 163 Å². The molecule has 0 radical (unpaired) electrons. The molecule has 1 saturated heterocycles. The minimum absolute atomic E-state index is 0.0470. The molecule has 0 bridgehead atoms. The Morgan fingerprint density at radius 3 is 2.26 bits per heavy atom. The van der Waals surface area contributed by atoms with Gasteiger partial charge in [0.15, 0.2) is 0 Å². The fourth-order valence-corrected chi connectivity index (χ4v) is 6.46. The molecular weight excluding hydrogens is 354 g/mol. The number of sulfonamides is 1. The molecule has 1 saturated carbocycles. The molecule has 1 heterocycles. The van der Waals surface area contributed by atoms with E-state index in [1.165, 1.54) is 37.7 Å². The van der Waals surface area contributed by atoms with Crippen molar-refractivity contribution in [3.8, 4) is 0 Å². The van der Waals surface area contributed by atoms with Gasteiger partial charge < -0.3 is 0 Å². The van der Waals surface area contributed by atoms with Crippen molar-refractivity contribution in [3.05, 3.63) is 65.2 Å². The SMILES string of the molecule is Cc1ccccc1[C@@H]1CCCN1S(=O)(=O)c1ccc(C2CCCCC2)cc1. The molecule has 0 aromatic heterocycles. The molecule has 2 aromatic rings. The van der Waals surface area contributed by atoms with Crippen molar-refractivity contribution >= 4 is 10.0 Å². The van der Waals surface area contributed by atoms with Crippen LogP contribution in [0.3, 0.4) is 0 Å². The average Bonchev–Trinajstić information content (AvgIpc) is 3.20. The summed E-state index contributed by atoms with van der Waals surface area (Å²) in [5, 5.41) is 0. The van der Waals surface area contributed by atoms with E-state index in [0.717, 1.165) is 24.0 Å². The van der Waals surface area contributed by atoms with Crippen LogP contribution >= 0.6 is 0 Å². The highest BCUT2D eigenvalue weighted by Gasteiger charge is 2.36. The van der Waals surface area contributed by atoms with E-state index in [2.05, 4.69) is 19.1 Å². The molecule has 4 heteroatoms. The Hall–Kier alpha value is -1.65. The van der Waals surface area contributed by atoms with E-state index in [0.29, 0.717) is 17.4 Å². The van der Waals surface area contributed by atoms with Crippen molar-refractivity contribution in [1.82, 2.24) is 4.31 Å². The summed E-state index contributed by atoms with van der Waals surface area (Å²) in [6.45, 7) is 2.67. The molecule has 27 heavy (non-hydrogen) atoms. The van der Waals surface area contributed by atoms with Gasteiger partial charge in [-0.2, -0.15) is 4.31 Å². The smallest absolute Gasteiger partial charge is 0.207 e. The van der Waals surface area contributed by atoms with Gasteiger partial charge >= 0.3 is 0 Å². The Balaban J connectivity index is 1.59. The van der Waals surface area contributed by atoms with Crippen LogP contribution in [0.25, 0.3) is 0 Å². The molecule has 1 atom stereocenters. The first-order chi connectivity index (χ1) is 13.1. The molecule has 1 aliphatic heterocycles. The summed E-state index contributed by atoms with van der Waals surface area (Å²) in [7, 11) is -3.47. The third-order valence-corrected chi connectivity index (χ3v) is 8.24. The third kappa shape index (κ3) is 3.70. The number of hydrogen-bond acceptors (Lipinski definition) is 2. The molecule has 0 unspecified atom stereocenters. The van der Waals surface area contributed by atoms with Crippen molar-refractivity contribution in [2.45, 2.75) is 68.7 Å². The van der Waals surface area contributed by atoms with E-state index in [1.54, 1.807) is 4.31 Å². The predicted molar refractivity (Wildman–Crippen MR) is 109 cm³/mol. The topological polar surface area (TPSA) is 37.4 Å². The van der Waals surface area contributed by atoms with Crippen molar-refractivity contribution in [3.63, 3.8) is 0 Å². The molecule has 0 amide bonds. The van der Waals surface area contributed by atoms with Crippen molar-refractivity contribution in [2.24, 2.45) is 0 Å². The Morgan fingerprint density at radius 1 is 0.852 bits per heavy atom. The number of hydrogen-bond donors (Lipinski definition) is 0. The lowest BCUT2D eigenvalue weighted by Crippen LogP contribution is -2.31. The van der Waals surface area contributed by atoms with Gasteiger partial charge in [0.1, 0.15) is 0 Å². The molecule has 3 nitrogen and oxygen atoms in total. The highest BCUT2D eigenvalue weighted by Crippen LogP contribution is 2.38. The van der Waals surface area contributed by atoms with Crippen LogP contribution in [-0.4, -0.2) is 19.3 Å². The minimum Gasteiger partial charge on any atom is -0.207 e. The Morgan fingerprint density at radius 2 is 1.56 bits per heavy atom. The Bertz CT molecular complexity index is 883. The van der Waals surface area contributed by atoms with Gasteiger partial charge in [-0.15, -0.1) is 0 Å². The molecular formula is C23H29NO2S. The van der Waals surface area contributed by atoms with Crippen molar-refractivity contribution < 1.29 is 8.42 Å². The third-order valence-electron chi connectivity index (χ3n) is 6.31. The first-order valence-corrected chi connectivity index (χ1v) is 11.7. The summed E-state index contributed by atoms with van der Waals surface area (Å²) >= 11 is 0. The van der Waals surface area contributed by atoms with E-state index in [4.69, 9.17) is 0 Å². The zero-order valence-corrected chi connectivity index (χ0v) is 16.9. The maximum atomic E-state index is 13.3. The van der Waals surface area contributed by atoms with Gasteiger partial charge in [-0.25, -0.2) is 8.42 Å². The normalized spacial score (nSPS) is 22.2. The lowest BCUT2D eigenvalue weighted by molar-refractivity contribution is 0.395. The monoisotopic (exact) mass is 383 g/mol. The average molecular weight is 384 g/mol. The molecule has 2 aliphatic rings. The highest BCUT2D eigenvalue weighted by molar-refractivity contribution is 7.89. The van der Waals surface area contributed by atoms with E-state index < -0.39 is 10.0 Å². The van der Waals surface area contributed by atoms with Crippen LogP contribution in [0.4, 0.5) is 0 Å². The zero-order chi connectivity index (χ0) is 18.9. The van der Waals surface area contributed by atoms with E-state index in [1.807, 2.05) is 36.4 Å². The molecule has 1 aliphatic carbocycles. The van der Waals surface area contributed by atoms with Crippen LogP contribution in [0.15, 0.2) is 53.4 Å². The molecule has 2 fully saturated rings. The van der Waals surface area contributed by atoms with Gasteiger partial charge in [0.2, 0.25) is 10.0 Å². The number of rotatable bonds is 4. The summed E-state index contributed by atoms with van der Waals surface area (Å²) in [6.07, 6.45) is 8.18. The van der Waals surface area contributed by atoms with E-state index in [-0.39, 0.29) is 6.04 Å². The first-order valence-electron chi connectivity index (χ1n) is 10.2. The fraction of sp³-hybridized carbons (Fsp3) is 0.478. The standard InChI is InChI=1S/C23H29NO2S/c1-18-8-5-6-11-22(18)23-12-7-17-24(23)27(25,26)21-15-13-20(14-16-21)19-9-3-2-4-10-19/h5-6,8,11,13-16,19,23H,2-4,7,9-10,12,17H2,1H3/t23-/m0/s1. The highest BCUT2D eigenvalue weighted by atomic mass is 32.2. The molecule has 144 valence electrons. The van der Waals surface area contributed by atoms with Gasteiger partial charge in [-0.1, -0.05) is 55.7 Å². The minimum atomic E-state index is -3.47. The zero-order valence-electron chi connectivity index (χ0n) is 16.1. The first kappa shape index (κ1) is 18.7. The maximum absolute atomic E-state index is 13.3. The van der Waals surface area contributed by atoms with Gasteiger partial charge in [0.25, 0.3) is 0 Å². The van der Waals surface area contributed by atoms with Crippen LogP contribution in [0.1, 0.15) is 73.6 Å². The van der Waals surface area contributed by atoms with Gasteiger partial charge in [0.05, 0.1) is 10.9 Å². The molecule has 0 spiro atoms. The quantitative estimate of drug-likeness (QED) is 0.692. The van der Waals surface area contributed by atoms with Gasteiger partial charge in [-0.05, 0) is 67.3 Å². The van der Waals surface area contributed by atoms with Crippen LogP contribution < -0.4 is 0 Å². The van der Waals surface area contributed by atoms with Crippen molar-refractivity contribution in [2.75, 3.05) is 6.54 Å². The lowest BCUT2D eigenvalue weighted by Gasteiger charge is -2.26. The second-order valence-electron chi connectivity index (χ2n) is 8.03. The fourth-order valence-electron chi connectivity index (χ4n) is 4.78. The van der Waals surface area contributed by atoms with Crippen LogP contribution in [0, 0.1) is 6.92 Å². The summed E-state index contributed by atoms with van der Waals surface area (Å²) in [5.41, 5.74) is 3.60. The van der Waals surface area contributed by atoms with E-state index >= 15 is 0 Å². The number of aryl methyl sites for hydroxylation is 1. The van der Waals surface area contributed by atoms with Crippen LogP contribution in [-0.2, 0) is 10.0 Å². The number of benzene rings is 2. The summed E-state index contributed by atoms with van der Waals surface area (Å²) in [5.74, 6) is 0.599. The summed E-state index contributed by atoms with van der Waals surface area (Å²) < 4.78 is 28.4. The molecule has 4 rings (SSSR count). The maximum Gasteiger partial charge on any atom is 0.243 e. The van der Waals surface area contributed by atoms with Crippen molar-refractivity contribution in [1.29, 1.82) is 0 Å². The second kappa shape index (κ2) is 7.76. The lowest BCUT2D eigenvalue weighted by atomic mass is 9.84. The summed E-state index contributed by atoms with van der Waals surface area (Å²) in [6, 6.07) is 15.8. The predicted octanol–water partition coefficient (Wildman–Crippen LogP) is 5.57. The largest absolute Gasteiger partial charge is 0.243 e. The van der Waals surface area contributed by atoms with E-state index in [9.17, 15) is 8.42 Å². The Kier molecular flexibility index (Phi) is 5.38. The van der Waals surface area contributed by atoms with Gasteiger partial charge in [0, 0.05) is 6.54 Å². The second-order valence-corrected chi connectivity index (χ2v) is 9.92. The van der Waals surface area contributed by atoms with Gasteiger partial charge in [-0.3, -0.25) is 0 Å². The number of nitrogens with zero attached hydrogens (tertiary/aromatic N) is 1. The molecule has 2 aromatic carbocycles. The summed E-state index contributed by atoms with van der Waals surface area (Å²) in [4.78, 5) is 0.433. The van der Waals surface area contributed by atoms with Crippen LogP contribution in [0.5, 0.6) is 0 Å². The van der Waals surface area contributed by atoms with Crippen LogP contribution in [0.2, 0.25) is 0 Å². The molecule has 0 N–H and O–H groups in total.